The molecule has 0 amide bonds. The molecule has 2 heterocycles. The smallest absolute Gasteiger partial charge is 0.303 e. The van der Waals surface area contributed by atoms with E-state index >= 15 is 0 Å². The molecule has 6 rings (SSSR count). The molecule has 0 N–H and O–H groups in total. The molecule has 0 spiro atoms. The quantitative estimate of drug-likeness (QED) is 0.0826. The van der Waals surface area contributed by atoms with Gasteiger partial charge in [0.05, 0.1) is 31.5 Å². The molecule has 0 bridgehead atoms. The third kappa shape index (κ3) is 17.3. The highest BCUT2D eigenvalue weighted by atomic mass is 79.9. The summed E-state index contributed by atoms with van der Waals surface area (Å²) in [4.78, 5) is 46.1. The molecule has 2 aliphatic rings. The fourth-order valence-electron chi connectivity index (χ4n) is 8.71. The minimum atomic E-state index is -0.765. The summed E-state index contributed by atoms with van der Waals surface area (Å²) < 4.78 is 46.1. The Morgan fingerprint density at radius 2 is 0.929 bits per heavy atom. The molecule has 2 saturated heterocycles. The van der Waals surface area contributed by atoms with Crippen molar-refractivity contribution in [2.75, 3.05) is 13.2 Å². The first-order valence-corrected chi connectivity index (χ1v) is 25.5. The Labute approximate surface area is 432 Å². The topological polar surface area (TPSA) is 142 Å². The average molecular weight is 1070 g/mol. The van der Waals surface area contributed by atoms with Crippen molar-refractivity contribution < 1.29 is 57.1 Å². The van der Waals surface area contributed by atoms with Gasteiger partial charge in [-0.2, -0.15) is 0 Å². The summed E-state index contributed by atoms with van der Waals surface area (Å²) in [7, 11) is 0. The molecular weight excluding hydrogens is 1000 g/mol. The highest BCUT2D eigenvalue weighted by Crippen LogP contribution is 2.41. The number of hydrogen-bond acceptors (Lipinski definition) is 12. The van der Waals surface area contributed by atoms with Crippen LogP contribution < -0.4 is 9.47 Å². The summed E-state index contributed by atoms with van der Waals surface area (Å²) >= 11 is 16.2. The molecule has 4 aromatic carbocycles. The Morgan fingerprint density at radius 3 is 1.37 bits per heavy atom. The maximum absolute atomic E-state index is 12.0. The van der Waals surface area contributed by atoms with Gasteiger partial charge in [0.1, 0.15) is 29.8 Å². The van der Waals surface area contributed by atoms with Gasteiger partial charge in [-0.15, -0.1) is 0 Å². The van der Waals surface area contributed by atoms with Gasteiger partial charge in [0.2, 0.25) is 0 Å². The maximum Gasteiger partial charge on any atom is 0.303 e. The van der Waals surface area contributed by atoms with E-state index < -0.39 is 48.4 Å². The second-order valence-electron chi connectivity index (χ2n) is 17.4. The largest absolute Gasteiger partial charge is 0.494 e. The van der Waals surface area contributed by atoms with Gasteiger partial charge in [0.15, 0.2) is 12.2 Å². The normalized spacial score (nSPS) is 23.7. The predicted molar refractivity (Wildman–Crippen MR) is 275 cm³/mol. The Balaban J connectivity index is 0.000000250. The summed E-state index contributed by atoms with van der Waals surface area (Å²) in [5.41, 5.74) is 5.17. The molecule has 0 saturated carbocycles. The number of halogens is 3. The standard InChI is InChI=1S/C27H33ClO6.C15H14BrClO.C13H22O5/c1-6-24-16(3)25(32-17(4)29)27(33-18(5)30)26(34-24)20-10-13-23(28)21(15-20)14-19-8-11-22(12-9-19)31-7-2;1-2-18-14-6-3-11(4-7-14)9-12-10-13(16)5-8-15(12)17;1-6-11-7(2)12(17-9(4)14)13(8(3)16-11)18-10(5)15/h8-13,15-16,24-27H,6-7,14H2,1-5H3;3-8,10H,2,9H2,1H3;7-8,11-13H,6H2,1-5H3/t16-,24-,25+,26+,27-;;7-,8-,11-,12+,13+/m1.1/s1. The molecule has 2 fully saturated rings. The van der Waals surface area contributed by atoms with Gasteiger partial charge in [0.25, 0.3) is 0 Å². The van der Waals surface area contributed by atoms with Gasteiger partial charge in [-0.1, -0.05) is 103 Å². The van der Waals surface area contributed by atoms with Crippen LogP contribution in [0.2, 0.25) is 10.0 Å². The van der Waals surface area contributed by atoms with Crippen LogP contribution in [0.4, 0.5) is 0 Å². The van der Waals surface area contributed by atoms with Crippen LogP contribution in [-0.2, 0) is 60.4 Å². The zero-order chi connectivity index (χ0) is 51.7. The van der Waals surface area contributed by atoms with E-state index in [0.29, 0.717) is 24.7 Å². The minimum Gasteiger partial charge on any atom is -0.494 e. The number of esters is 4. The van der Waals surface area contributed by atoms with Crippen LogP contribution in [0, 0.1) is 11.8 Å². The molecule has 0 unspecified atom stereocenters. The first-order chi connectivity index (χ1) is 33.3. The molecule has 4 aromatic rings. The Bertz CT molecular complexity index is 2310. The van der Waals surface area contributed by atoms with Crippen LogP contribution >= 0.6 is 39.1 Å². The van der Waals surface area contributed by atoms with E-state index in [0.717, 1.165) is 62.5 Å². The van der Waals surface area contributed by atoms with Gasteiger partial charge < -0.3 is 37.9 Å². The molecule has 0 radical (unpaired) electrons. The summed E-state index contributed by atoms with van der Waals surface area (Å²) in [6.07, 6.45) is -0.383. The first kappa shape index (κ1) is 57.9. The number of rotatable bonds is 15. The third-order valence-electron chi connectivity index (χ3n) is 12.0. The molecule has 0 aromatic heterocycles. The highest BCUT2D eigenvalue weighted by Gasteiger charge is 2.48. The Morgan fingerprint density at radius 1 is 0.529 bits per heavy atom. The number of hydrogen-bond donors (Lipinski definition) is 0. The van der Waals surface area contributed by atoms with Crippen LogP contribution in [0.5, 0.6) is 11.5 Å². The fraction of sp³-hybridized carbons (Fsp3) is 0.491. The van der Waals surface area contributed by atoms with Crippen molar-refractivity contribution in [3.63, 3.8) is 0 Å². The monoisotopic (exact) mass is 1070 g/mol. The summed E-state index contributed by atoms with van der Waals surface area (Å²) in [6.45, 7) is 20.4. The predicted octanol–water partition coefficient (Wildman–Crippen LogP) is 12.5. The molecule has 2 aliphatic heterocycles. The lowest BCUT2D eigenvalue weighted by atomic mass is 9.84. The van der Waals surface area contributed by atoms with Crippen LogP contribution in [0.1, 0.15) is 123 Å². The Hall–Kier alpha value is -4.66. The average Bonchev–Trinajstić information content (AvgIpc) is 3.31. The first-order valence-electron chi connectivity index (χ1n) is 23.9. The molecular formula is C55H69BrCl2O12. The molecule has 12 nitrogen and oxygen atoms in total. The van der Waals surface area contributed by atoms with Crippen LogP contribution in [-0.4, -0.2) is 79.8 Å². The second-order valence-corrected chi connectivity index (χ2v) is 19.1. The molecule has 70 heavy (non-hydrogen) atoms. The molecule has 10 atom stereocenters. The third-order valence-corrected chi connectivity index (χ3v) is 13.2. The Kier molecular flexibility index (Phi) is 23.5. The van der Waals surface area contributed by atoms with Crippen molar-refractivity contribution in [2.24, 2.45) is 11.8 Å². The van der Waals surface area contributed by atoms with E-state index in [-0.39, 0.29) is 36.1 Å². The van der Waals surface area contributed by atoms with Gasteiger partial charge in [0, 0.05) is 54.0 Å². The van der Waals surface area contributed by atoms with Gasteiger partial charge in [-0.05, 0) is 123 Å². The van der Waals surface area contributed by atoms with Crippen LogP contribution in [0.25, 0.3) is 0 Å². The van der Waals surface area contributed by atoms with Gasteiger partial charge in [-0.3, -0.25) is 19.2 Å². The van der Waals surface area contributed by atoms with Crippen molar-refractivity contribution in [3.8, 4) is 11.5 Å². The second kappa shape index (κ2) is 28.4. The lowest BCUT2D eigenvalue weighted by Gasteiger charge is -2.44. The van der Waals surface area contributed by atoms with Crippen molar-refractivity contribution in [1.29, 1.82) is 0 Å². The molecule has 15 heteroatoms. The zero-order valence-electron chi connectivity index (χ0n) is 42.1. The van der Waals surface area contributed by atoms with Crippen molar-refractivity contribution in [1.82, 2.24) is 0 Å². The lowest BCUT2D eigenvalue weighted by Crippen LogP contribution is -2.55. The van der Waals surface area contributed by atoms with E-state index in [1.165, 1.54) is 33.3 Å². The van der Waals surface area contributed by atoms with Crippen LogP contribution in [0.3, 0.4) is 0 Å². The molecule has 382 valence electrons. The van der Waals surface area contributed by atoms with Gasteiger partial charge in [-0.25, -0.2) is 0 Å². The van der Waals surface area contributed by atoms with Crippen molar-refractivity contribution >= 4 is 63.0 Å². The summed E-state index contributed by atoms with van der Waals surface area (Å²) in [5.74, 6) is -0.0469. The SMILES string of the molecule is CCOc1ccc(Cc2cc(Br)ccc2Cl)cc1.CCOc1ccc(Cc2cc([C@@H]3O[C@H](CC)[C@@H](C)[C@H](OC(C)=O)[C@H]3OC(C)=O)ccc2Cl)cc1.CC[C@H]1O[C@H](C)[C@H](OC(C)=O)[C@@H](OC(C)=O)[C@@H]1C. The lowest BCUT2D eigenvalue weighted by molar-refractivity contribution is -0.225. The summed E-state index contributed by atoms with van der Waals surface area (Å²) in [6, 6.07) is 27.6. The maximum atomic E-state index is 12.0. The van der Waals surface area contributed by atoms with E-state index in [2.05, 4.69) is 34.1 Å². The summed E-state index contributed by atoms with van der Waals surface area (Å²) in [5, 5.41) is 1.43. The minimum absolute atomic E-state index is 0.000509. The van der Waals surface area contributed by atoms with E-state index in [9.17, 15) is 19.2 Å². The number of carbonyl (C=O) groups excluding carboxylic acids is 4. The fourth-order valence-corrected chi connectivity index (χ4v) is 9.48. The molecule has 0 aliphatic carbocycles. The van der Waals surface area contributed by atoms with Crippen LogP contribution in [0.15, 0.2) is 89.4 Å². The number of ether oxygens (including phenoxy) is 8. The zero-order valence-corrected chi connectivity index (χ0v) is 45.2. The van der Waals surface area contributed by atoms with E-state index in [4.69, 9.17) is 61.1 Å². The van der Waals surface area contributed by atoms with Gasteiger partial charge >= 0.3 is 23.9 Å². The number of carbonyl (C=O) groups is 4. The van der Waals surface area contributed by atoms with Crippen molar-refractivity contribution in [2.45, 2.75) is 151 Å². The van der Waals surface area contributed by atoms with E-state index in [1.54, 1.807) is 0 Å². The number of benzene rings is 4. The highest BCUT2D eigenvalue weighted by molar-refractivity contribution is 9.10. The van der Waals surface area contributed by atoms with Crippen molar-refractivity contribution in [3.05, 3.63) is 127 Å². The van der Waals surface area contributed by atoms with E-state index in [1.807, 2.05) is 115 Å².